The monoisotopic (exact) mass is 321 g/mol. The van der Waals surface area contributed by atoms with Crippen LogP contribution >= 0.6 is 11.5 Å². The molecule has 0 amide bonds. The summed E-state index contributed by atoms with van der Waals surface area (Å²) < 4.78 is 14.7. The van der Waals surface area contributed by atoms with Crippen LogP contribution in [0, 0.1) is 6.92 Å². The second-order valence-corrected chi connectivity index (χ2v) is 5.55. The largest absolute Gasteiger partial charge is 0.492 e. The quantitative estimate of drug-likeness (QED) is 0.693. The first-order valence-electron chi connectivity index (χ1n) is 6.41. The molecule has 0 fully saturated rings. The zero-order chi connectivity index (χ0) is 15.9. The van der Waals surface area contributed by atoms with E-state index in [1.54, 1.807) is 19.1 Å². The minimum atomic E-state index is -1.18. The number of aryl methyl sites for hydroxylation is 1. The number of nitrogens with zero attached hydrogens (tertiary/aromatic N) is 2. The van der Waals surface area contributed by atoms with Crippen molar-refractivity contribution in [3.05, 3.63) is 23.3 Å². The maximum atomic E-state index is 10.9. The lowest BCUT2D eigenvalue weighted by molar-refractivity contribution is -0.138. The predicted molar refractivity (Wildman–Crippen MR) is 79.3 cm³/mol. The van der Waals surface area contributed by atoms with Gasteiger partial charge in [0.05, 0.1) is 12.5 Å². The van der Waals surface area contributed by atoms with Gasteiger partial charge in [-0.3, -0.25) is 4.79 Å². The third-order valence-corrected chi connectivity index (χ3v) is 3.87. The van der Waals surface area contributed by atoms with Gasteiger partial charge in [-0.15, -0.1) is 0 Å². The molecule has 22 heavy (non-hydrogen) atoms. The Balaban J connectivity index is 1.92. The summed E-state index contributed by atoms with van der Waals surface area (Å²) >= 11 is 1.01. The van der Waals surface area contributed by atoms with Crippen molar-refractivity contribution in [2.75, 3.05) is 5.73 Å². The van der Waals surface area contributed by atoms with Crippen molar-refractivity contribution in [2.45, 2.75) is 19.4 Å². The third-order valence-electron chi connectivity index (χ3n) is 3.26. The summed E-state index contributed by atoms with van der Waals surface area (Å²) in [5, 5.41) is 19.2. The second kappa shape index (κ2) is 5.56. The van der Waals surface area contributed by atoms with E-state index in [0.717, 1.165) is 17.1 Å². The number of nitrogens with two attached hydrogens (primary N) is 1. The van der Waals surface area contributed by atoms with Crippen molar-refractivity contribution in [2.24, 2.45) is 0 Å². The van der Waals surface area contributed by atoms with Crippen LogP contribution in [0.1, 0.15) is 23.7 Å². The molecule has 0 aliphatic carbocycles. The number of carbonyl (C=O) groups is 1. The maximum absolute atomic E-state index is 10.9. The van der Waals surface area contributed by atoms with Gasteiger partial charge in [0.25, 0.3) is 5.19 Å². The Morgan fingerprint density at radius 2 is 2.36 bits per heavy atom. The number of fused-ring (bicyclic) bond motifs is 1. The Bertz CT molecular complexity index is 738. The summed E-state index contributed by atoms with van der Waals surface area (Å²) in [6.45, 7) is 1.80. The average Bonchev–Trinajstić information content (AvgIpc) is 2.94. The summed E-state index contributed by atoms with van der Waals surface area (Å²) in [7, 11) is -1.18. The van der Waals surface area contributed by atoms with Gasteiger partial charge in [0, 0.05) is 11.5 Å². The van der Waals surface area contributed by atoms with Crippen molar-refractivity contribution < 1.29 is 24.3 Å². The number of nitrogen functional groups attached to an aromatic ring is 1. The number of hydrogen-bond donors (Lipinski definition) is 3. The van der Waals surface area contributed by atoms with E-state index in [0.29, 0.717) is 16.8 Å². The molecule has 8 nitrogen and oxygen atoms in total. The van der Waals surface area contributed by atoms with Gasteiger partial charge in [-0.25, -0.2) is 0 Å². The van der Waals surface area contributed by atoms with E-state index in [-0.39, 0.29) is 17.6 Å². The number of aromatic nitrogens is 2. The fourth-order valence-electron chi connectivity index (χ4n) is 2.46. The molecule has 4 N–H and O–H groups in total. The minimum Gasteiger partial charge on any atom is -0.481 e. The molecule has 0 saturated heterocycles. The van der Waals surface area contributed by atoms with Crippen LogP contribution in [0.25, 0.3) is 0 Å². The molecule has 3 rings (SSSR count). The van der Waals surface area contributed by atoms with Gasteiger partial charge in [-0.2, -0.15) is 9.36 Å². The molecule has 2 heterocycles. The Labute approximate surface area is 129 Å². The molecule has 2 aromatic rings. The Morgan fingerprint density at radius 3 is 3.00 bits per heavy atom. The van der Waals surface area contributed by atoms with Crippen LogP contribution in [0.15, 0.2) is 12.1 Å². The molecule has 10 heteroatoms. The van der Waals surface area contributed by atoms with Crippen LogP contribution in [-0.2, 0) is 9.45 Å². The molecule has 0 spiro atoms. The van der Waals surface area contributed by atoms with E-state index >= 15 is 0 Å². The minimum absolute atomic E-state index is 0.128. The van der Waals surface area contributed by atoms with Gasteiger partial charge in [0.2, 0.25) is 5.95 Å². The normalized spacial score (nSPS) is 16.6. The van der Waals surface area contributed by atoms with Crippen LogP contribution in [-0.4, -0.2) is 32.6 Å². The highest BCUT2D eigenvalue weighted by Crippen LogP contribution is 2.33. The molecular formula is C12H12BN3O5S. The highest BCUT2D eigenvalue weighted by molar-refractivity contribution is 7.07. The highest BCUT2D eigenvalue weighted by Gasteiger charge is 2.37. The lowest BCUT2D eigenvalue weighted by Crippen LogP contribution is -2.28. The van der Waals surface area contributed by atoms with Crippen molar-refractivity contribution in [1.82, 2.24) is 9.36 Å². The zero-order valence-corrected chi connectivity index (χ0v) is 12.3. The number of anilines is 1. The Hall–Kier alpha value is -2.17. The summed E-state index contributed by atoms with van der Waals surface area (Å²) in [6.07, 6.45) is -0.883. The van der Waals surface area contributed by atoms with Crippen molar-refractivity contribution in [3.8, 4) is 10.9 Å². The standard InChI is InChI=1S/C12H12BN3O5S/c1-5-2-6(20-12-15-11(14)16-22-12)3-7-10(5)8(4-9(17)18)21-13(7)19/h2-3,8,19H,4H2,1H3,(H2,14,16)(H,17,18). The first kappa shape index (κ1) is 14.8. The fourth-order valence-corrected chi connectivity index (χ4v) is 2.94. The third kappa shape index (κ3) is 2.75. The van der Waals surface area contributed by atoms with Gasteiger partial charge in [0.1, 0.15) is 5.75 Å². The smallest absolute Gasteiger partial charge is 0.481 e. The van der Waals surface area contributed by atoms with E-state index in [9.17, 15) is 9.82 Å². The average molecular weight is 321 g/mol. The number of carboxylic acids is 1. The van der Waals surface area contributed by atoms with Crippen LogP contribution in [0.4, 0.5) is 5.95 Å². The van der Waals surface area contributed by atoms with Crippen LogP contribution in [0.3, 0.4) is 0 Å². The van der Waals surface area contributed by atoms with Gasteiger partial charge in [0.15, 0.2) is 0 Å². The Morgan fingerprint density at radius 1 is 1.59 bits per heavy atom. The number of hydrogen-bond acceptors (Lipinski definition) is 8. The topological polar surface area (TPSA) is 128 Å². The van der Waals surface area contributed by atoms with Gasteiger partial charge in [-0.05, 0) is 35.6 Å². The molecule has 1 unspecified atom stereocenters. The Kier molecular flexibility index (Phi) is 3.73. The van der Waals surface area contributed by atoms with E-state index in [2.05, 4.69) is 9.36 Å². The number of aliphatic carboxylic acids is 1. The van der Waals surface area contributed by atoms with Crippen molar-refractivity contribution >= 4 is 36.0 Å². The van der Waals surface area contributed by atoms with Crippen molar-refractivity contribution in [1.29, 1.82) is 0 Å². The van der Waals surface area contributed by atoms with Gasteiger partial charge in [-0.1, -0.05) is 0 Å². The molecular weight excluding hydrogens is 309 g/mol. The molecule has 114 valence electrons. The lowest BCUT2D eigenvalue weighted by Gasteiger charge is -2.12. The van der Waals surface area contributed by atoms with Crippen LogP contribution in [0.2, 0.25) is 0 Å². The van der Waals surface area contributed by atoms with Crippen LogP contribution < -0.4 is 15.9 Å². The van der Waals surface area contributed by atoms with Crippen LogP contribution in [0.5, 0.6) is 10.9 Å². The summed E-state index contributed by atoms with van der Waals surface area (Å²) in [6, 6.07) is 3.33. The first-order valence-corrected chi connectivity index (χ1v) is 7.18. The molecule has 1 aromatic carbocycles. The van der Waals surface area contributed by atoms with E-state index in [4.69, 9.17) is 20.2 Å². The van der Waals surface area contributed by atoms with Crippen molar-refractivity contribution in [3.63, 3.8) is 0 Å². The molecule has 1 aliphatic heterocycles. The summed E-state index contributed by atoms with van der Waals surface area (Å²) in [5.41, 5.74) is 7.38. The van der Waals surface area contributed by atoms with Gasteiger partial charge >= 0.3 is 13.1 Å². The highest BCUT2D eigenvalue weighted by atomic mass is 32.1. The maximum Gasteiger partial charge on any atom is 0.492 e. The number of carboxylic acid groups (broad SMARTS) is 1. The molecule has 0 bridgehead atoms. The molecule has 0 radical (unpaired) electrons. The van der Waals surface area contributed by atoms with E-state index in [1.165, 1.54) is 0 Å². The van der Waals surface area contributed by atoms with Gasteiger partial charge < -0.3 is 25.3 Å². The molecule has 1 atom stereocenters. The SMILES string of the molecule is Cc1cc(Oc2nc(N)ns2)cc2c1C(CC(=O)O)OB2O. The molecule has 1 aromatic heterocycles. The van der Waals surface area contributed by atoms with E-state index < -0.39 is 19.2 Å². The predicted octanol–water partition coefficient (Wildman–Crippen LogP) is 0.455. The second-order valence-electron chi connectivity index (χ2n) is 4.84. The molecule has 0 saturated carbocycles. The summed E-state index contributed by atoms with van der Waals surface area (Å²) in [4.78, 5) is 14.8. The fraction of sp³-hybridized carbons (Fsp3) is 0.250. The summed E-state index contributed by atoms with van der Waals surface area (Å²) in [5.74, 6) is -0.414. The first-order chi connectivity index (χ1) is 10.4. The number of ether oxygens (including phenoxy) is 1. The van der Waals surface area contributed by atoms with E-state index in [1.807, 2.05) is 0 Å². The number of benzene rings is 1. The zero-order valence-electron chi connectivity index (χ0n) is 11.5. The molecule has 1 aliphatic rings. The lowest BCUT2D eigenvalue weighted by atomic mass is 9.77. The number of rotatable bonds is 4.